The molecule has 0 fully saturated rings. The van der Waals surface area contributed by atoms with Crippen LogP contribution in [0.25, 0.3) is 33.0 Å². The molecule has 0 atom stereocenters. The van der Waals surface area contributed by atoms with E-state index >= 15 is 0 Å². The summed E-state index contributed by atoms with van der Waals surface area (Å²) in [5.41, 5.74) is 2.57. The molecule has 3 aromatic carbocycles. The second kappa shape index (κ2) is 8.77. The largest absolute Gasteiger partial charge is 0.497 e. The lowest BCUT2D eigenvalue weighted by molar-refractivity contribution is 0.414. The van der Waals surface area contributed by atoms with Gasteiger partial charge in [0.15, 0.2) is 5.69 Å². The van der Waals surface area contributed by atoms with Gasteiger partial charge in [0.25, 0.3) is 0 Å². The monoisotopic (exact) mass is 586 g/mol. The molecule has 9 heteroatoms. The Labute approximate surface area is 211 Å². The summed E-state index contributed by atoms with van der Waals surface area (Å²) in [4.78, 5) is 23.8. The summed E-state index contributed by atoms with van der Waals surface area (Å²) >= 11 is 8.66. The van der Waals surface area contributed by atoms with Crippen LogP contribution in [0.15, 0.2) is 75.1 Å². The maximum absolute atomic E-state index is 12.2. The first kappa shape index (κ1) is 22.4. The number of nitroso groups, excluding NO2 is 1. The molecule has 0 bridgehead atoms. The molecule has 2 aromatic heterocycles. The van der Waals surface area contributed by atoms with Crippen LogP contribution >= 0.6 is 34.2 Å². The van der Waals surface area contributed by atoms with Gasteiger partial charge in [-0.15, -0.1) is 4.91 Å². The molecule has 5 aromatic rings. The number of hydrogen-bond donors (Lipinski definition) is 1. The van der Waals surface area contributed by atoms with Crippen LogP contribution in [0, 0.1) is 8.48 Å². The predicted molar refractivity (Wildman–Crippen MR) is 140 cm³/mol. The average molecular weight is 587 g/mol. The van der Waals surface area contributed by atoms with E-state index in [-0.39, 0.29) is 18.1 Å². The molecule has 2 heterocycles. The molecule has 0 radical (unpaired) electrons. The van der Waals surface area contributed by atoms with Gasteiger partial charge in [-0.3, -0.25) is 0 Å². The molecule has 170 valence electrons. The highest BCUT2D eigenvalue weighted by Gasteiger charge is 2.20. The lowest BCUT2D eigenvalue weighted by atomic mass is 10.0. The van der Waals surface area contributed by atoms with Crippen molar-refractivity contribution in [3.8, 4) is 22.8 Å². The van der Waals surface area contributed by atoms with Gasteiger partial charge >= 0.3 is 5.63 Å². The lowest BCUT2D eigenvalue weighted by Gasteiger charge is -2.11. The van der Waals surface area contributed by atoms with Crippen molar-refractivity contribution in [2.75, 3.05) is 7.11 Å². The van der Waals surface area contributed by atoms with Crippen molar-refractivity contribution < 1.29 is 14.3 Å². The Hall–Kier alpha value is -3.37. The molecule has 0 unspecified atom stereocenters. The highest BCUT2D eigenvalue weighted by molar-refractivity contribution is 14.1. The Morgan fingerprint density at radius 3 is 2.62 bits per heavy atom. The van der Waals surface area contributed by atoms with Gasteiger partial charge in [-0.05, 0) is 75.3 Å². The van der Waals surface area contributed by atoms with Crippen LogP contribution in [-0.4, -0.2) is 16.8 Å². The summed E-state index contributed by atoms with van der Waals surface area (Å²) in [6, 6.07) is 17.7. The maximum Gasteiger partial charge on any atom is 0.336 e. The van der Waals surface area contributed by atoms with Gasteiger partial charge in [-0.25, -0.2) is 4.79 Å². The molecular formula is C25H16ClIN2O5. The van der Waals surface area contributed by atoms with E-state index in [4.69, 9.17) is 20.8 Å². The van der Waals surface area contributed by atoms with Crippen LogP contribution in [0.1, 0.15) is 5.56 Å². The van der Waals surface area contributed by atoms with Crippen LogP contribution in [0.2, 0.25) is 5.02 Å². The quantitative estimate of drug-likeness (QED) is 0.138. The SMILES string of the molecule is COc1ccc2c(Cn3c(O)c(N=O)c4ccc(-c5ccc(I)cc5Cl)cc43)cc(=O)oc2c1. The summed E-state index contributed by atoms with van der Waals surface area (Å²) in [6.45, 7) is 0.107. The topological polar surface area (TPSA) is 94.0 Å². The normalized spacial score (nSPS) is 11.3. The molecule has 0 amide bonds. The second-order valence-electron chi connectivity index (χ2n) is 7.66. The Kier molecular flexibility index (Phi) is 5.78. The Morgan fingerprint density at radius 2 is 1.88 bits per heavy atom. The van der Waals surface area contributed by atoms with Gasteiger partial charge in [-0.1, -0.05) is 23.7 Å². The van der Waals surface area contributed by atoms with E-state index in [0.717, 1.165) is 14.7 Å². The molecule has 0 saturated carbocycles. The van der Waals surface area contributed by atoms with Crippen molar-refractivity contribution in [1.82, 2.24) is 4.57 Å². The first-order valence-corrected chi connectivity index (χ1v) is 11.6. The van der Waals surface area contributed by atoms with Crippen molar-refractivity contribution in [3.63, 3.8) is 0 Å². The molecule has 5 rings (SSSR count). The predicted octanol–water partition coefficient (Wildman–Crippen LogP) is 6.83. The number of benzene rings is 3. The van der Waals surface area contributed by atoms with E-state index in [9.17, 15) is 14.8 Å². The number of aromatic hydroxyl groups is 1. The maximum atomic E-state index is 12.2. The highest BCUT2D eigenvalue weighted by atomic mass is 127. The average Bonchev–Trinajstić information content (AvgIpc) is 3.08. The summed E-state index contributed by atoms with van der Waals surface area (Å²) in [6.07, 6.45) is 0. The van der Waals surface area contributed by atoms with Gasteiger partial charge in [0.05, 0.1) is 19.2 Å². The number of fused-ring (bicyclic) bond motifs is 2. The molecule has 7 nitrogen and oxygen atoms in total. The molecule has 0 aliphatic heterocycles. The van der Waals surface area contributed by atoms with Crippen molar-refractivity contribution in [2.45, 2.75) is 6.54 Å². The number of aromatic nitrogens is 1. The minimum absolute atomic E-state index is 0.0656. The Balaban J connectivity index is 1.71. The minimum Gasteiger partial charge on any atom is -0.497 e. The summed E-state index contributed by atoms with van der Waals surface area (Å²) in [5, 5.41) is 15.7. The van der Waals surface area contributed by atoms with Crippen LogP contribution in [0.5, 0.6) is 11.6 Å². The number of rotatable bonds is 5. The van der Waals surface area contributed by atoms with Gasteiger partial charge in [0.2, 0.25) is 5.88 Å². The molecule has 0 spiro atoms. The van der Waals surface area contributed by atoms with E-state index in [1.807, 2.05) is 30.3 Å². The molecular weight excluding hydrogens is 571 g/mol. The fourth-order valence-corrected chi connectivity index (χ4v) is 5.06. The lowest BCUT2D eigenvalue weighted by Crippen LogP contribution is -2.05. The number of ether oxygens (including phenoxy) is 1. The first-order valence-electron chi connectivity index (χ1n) is 10.1. The van der Waals surface area contributed by atoms with E-state index in [0.29, 0.717) is 38.2 Å². The summed E-state index contributed by atoms with van der Waals surface area (Å²) < 4.78 is 13.1. The molecule has 0 aliphatic carbocycles. The molecule has 0 aliphatic rings. The van der Waals surface area contributed by atoms with E-state index in [1.54, 1.807) is 28.8 Å². The van der Waals surface area contributed by atoms with Crippen LogP contribution in [-0.2, 0) is 6.54 Å². The third-order valence-electron chi connectivity index (χ3n) is 5.71. The van der Waals surface area contributed by atoms with Crippen LogP contribution < -0.4 is 10.4 Å². The number of hydrogen-bond acceptors (Lipinski definition) is 6. The van der Waals surface area contributed by atoms with E-state index in [1.165, 1.54) is 13.2 Å². The van der Waals surface area contributed by atoms with E-state index < -0.39 is 5.63 Å². The van der Waals surface area contributed by atoms with Crippen molar-refractivity contribution in [1.29, 1.82) is 0 Å². The second-order valence-corrected chi connectivity index (χ2v) is 9.31. The fraction of sp³-hybridized carbons (Fsp3) is 0.0800. The van der Waals surface area contributed by atoms with Gasteiger partial charge < -0.3 is 18.8 Å². The molecule has 0 saturated heterocycles. The Bertz CT molecular complexity index is 1660. The summed E-state index contributed by atoms with van der Waals surface area (Å²) in [5.74, 6) is 0.263. The standard InChI is InChI=1S/C25H16ClIN2O5/c1-33-16-4-7-18-14(9-23(30)34-22(18)11-16)12-29-21-8-13(17-6-3-15(27)10-20(17)26)2-5-19(21)24(28-32)25(29)31/h2-11,31H,12H2,1H3. The molecule has 34 heavy (non-hydrogen) atoms. The van der Waals surface area contributed by atoms with Crippen LogP contribution in [0.3, 0.4) is 0 Å². The minimum atomic E-state index is -0.535. The zero-order chi connectivity index (χ0) is 24.0. The van der Waals surface area contributed by atoms with Crippen molar-refractivity contribution in [3.05, 3.63) is 90.1 Å². The van der Waals surface area contributed by atoms with Crippen molar-refractivity contribution >= 4 is 61.8 Å². The van der Waals surface area contributed by atoms with Gasteiger partial charge in [0, 0.05) is 37.1 Å². The number of nitrogens with zero attached hydrogens (tertiary/aromatic N) is 2. The van der Waals surface area contributed by atoms with Crippen LogP contribution in [0.4, 0.5) is 5.69 Å². The zero-order valence-electron chi connectivity index (χ0n) is 17.7. The third kappa shape index (κ3) is 3.82. The molecule has 1 N–H and O–H groups in total. The fourth-order valence-electron chi connectivity index (χ4n) is 4.10. The smallest absolute Gasteiger partial charge is 0.336 e. The van der Waals surface area contributed by atoms with Gasteiger partial charge in [0.1, 0.15) is 11.3 Å². The highest BCUT2D eigenvalue weighted by Crippen LogP contribution is 2.41. The first-order chi connectivity index (χ1) is 16.4. The third-order valence-corrected chi connectivity index (χ3v) is 6.69. The number of methoxy groups -OCH3 is 1. The summed E-state index contributed by atoms with van der Waals surface area (Å²) in [7, 11) is 1.53. The zero-order valence-corrected chi connectivity index (χ0v) is 20.6. The number of halogens is 2. The Morgan fingerprint density at radius 1 is 1.09 bits per heavy atom. The van der Waals surface area contributed by atoms with Crippen molar-refractivity contribution in [2.24, 2.45) is 5.18 Å². The van der Waals surface area contributed by atoms with Gasteiger partial charge in [-0.2, -0.15) is 0 Å². The van der Waals surface area contributed by atoms with E-state index in [2.05, 4.69) is 27.8 Å².